The van der Waals surface area contributed by atoms with Gasteiger partial charge in [0.1, 0.15) is 25.4 Å². The Morgan fingerprint density at radius 2 is 0.988 bits per heavy atom. The van der Waals surface area contributed by atoms with Crippen molar-refractivity contribution < 1.29 is 114 Å². The number of aromatic nitrogens is 1. The Hall–Kier alpha value is -8.46. The van der Waals surface area contributed by atoms with Gasteiger partial charge in [0.15, 0.2) is 41.7 Å². The van der Waals surface area contributed by atoms with Crippen molar-refractivity contribution in [2.75, 3.05) is 39.4 Å². The first-order valence-corrected chi connectivity index (χ1v) is 26.8. The van der Waals surface area contributed by atoms with Crippen LogP contribution in [0.2, 0.25) is 0 Å². The molecular weight excluding hydrogens is 1110 g/mol. The Bertz CT molecular complexity index is 2950. The molecule has 84 heavy (non-hydrogen) atoms. The highest BCUT2D eigenvalue weighted by molar-refractivity contribution is 6.03. The summed E-state index contributed by atoms with van der Waals surface area (Å²) in [6.07, 6.45) is -7.46. The van der Waals surface area contributed by atoms with E-state index >= 15 is 0 Å². The quantitative estimate of drug-likeness (QED) is 0.0460. The number of pyridine rings is 1. The first-order chi connectivity index (χ1) is 39.8. The SMILES string of the molecule is CCCCCCCCOc1c(O[C@@H]2O[C@H](COC(C)=O)[C@H](OC(C)=O)[C@H](OC(C)=O)[C@H]2OC(C)=O)c2ccc(NC(=O)C=Cc3cc(OC)c(O[C@@H]4O[C@H](COC(C)=O)[C@H](OC(C)=O)[C@H](OC(C)=O)[C@H]4OC(C)=O)c(OC)c3)cc2n(C)c1=O. The highest BCUT2D eigenvalue weighted by Crippen LogP contribution is 2.43. The second kappa shape index (κ2) is 31.3. The van der Waals surface area contributed by atoms with Crippen LogP contribution in [0.1, 0.15) is 106 Å². The van der Waals surface area contributed by atoms with Gasteiger partial charge in [-0.3, -0.25) is 47.9 Å². The third-order valence-corrected chi connectivity index (χ3v) is 12.6. The summed E-state index contributed by atoms with van der Waals surface area (Å²) in [5, 5.41) is 2.98. The number of amides is 1. The molecule has 3 aromatic rings. The molecule has 2 aliphatic rings. The van der Waals surface area contributed by atoms with Gasteiger partial charge in [-0.1, -0.05) is 39.0 Å². The normalized spacial score (nSPS) is 21.9. The zero-order valence-electron chi connectivity index (χ0n) is 48.8. The van der Waals surface area contributed by atoms with Crippen LogP contribution >= 0.6 is 0 Å². The van der Waals surface area contributed by atoms with E-state index in [0.717, 1.165) is 87.5 Å². The molecule has 2 aliphatic heterocycles. The Morgan fingerprint density at radius 3 is 1.44 bits per heavy atom. The topological polar surface area (TPSA) is 326 Å². The zero-order valence-corrected chi connectivity index (χ0v) is 48.8. The second-order valence-electron chi connectivity index (χ2n) is 19.3. The number of ether oxygens (including phenoxy) is 15. The summed E-state index contributed by atoms with van der Waals surface area (Å²) in [6, 6.07) is 7.41. The molecular formula is C57H72N2O25. The van der Waals surface area contributed by atoms with E-state index in [9.17, 15) is 47.9 Å². The molecule has 0 radical (unpaired) electrons. The van der Waals surface area contributed by atoms with E-state index in [-0.39, 0.29) is 51.9 Å². The number of nitrogens with zero attached hydrogens (tertiary/aromatic N) is 1. The van der Waals surface area contributed by atoms with Crippen LogP contribution in [0.3, 0.4) is 0 Å². The molecule has 0 bridgehead atoms. The predicted octanol–water partition coefficient (Wildman–Crippen LogP) is 4.87. The molecule has 27 nitrogen and oxygen atoms in total. The highest BCUT2D eigenvalue weighted by Gasteiger charge is 2.55. The minimum Gasteiger partial charge on any atom is -0.493 e. The van der Waals surface area contributed by atoms with E-state index in [1.54, 1.807) is 0 Å². The largest absolute Gasteiger partial charge is 0.493 e. The minimum absolute atomic E-state index is 0.00474. The molecule has 1 aromatic heterocycles. The van der Waals surface area contributed by atoms with Crippen LogP contribution in [-0.4, -0.2) is 154 Å². The smallest absolute Gasteiger partial charge is 0.303 e. The second-order valence-corrected chi connectivity index (χ2v) is 19.3. The van der Waals surface area contributed by atoms with Gasteiger partial charge in [-0.2, -0.15) is 0 Å². The standard InChI is InChI=1S/C57H72N2O25/c1-13-14-15-16-17-18-23-72-52-46(83-56-53(79-35(8)66)50(77-33(6)64)48(75-31(4)62)43(81-56)27-73-29(2)60)39-21-20-38(26-40(39)59(10)55(52)69)58-45(68)22-19-37-24-41(70-11)47(42(25-37)71-12)84-57-54(80-36(9)67)51(78-34(7)65)49(76-32(5)63)44(82-57)28-74-30(3)61/h19-22,24-26,43-44,48-51,53-54,56-57H,13-18,23,27-28H2,1-12H3,(H,58,68)/t43-,44-,48+,49+,50+,51+,53-,54-,56+,57+/m1/s1. The lowest BCUT2D eigenvalue weighted by atomic mass is 9.98. The molecule has 1 amide bonds. The number of nitrogens with one attached hydrogen (secondary N) is 1. The monoisotopic (exact) mass is 1180 g/mol. The van der Waals surface area contributed by atoms with Crippen molar-refractivity contribution in [1.82, 2.24) is 4.57 Å². The Labute approximate surface area is 483 Å². The van der Waals surface area contributed by atoms with Crippen molar-refractivity contribution >= 4 is 76.3 Å². The van der Waals surface area contributed by atoms with Crippen molar-refractivity contribution in [1.29, 1.82) is 0 Å². The Morgan fingerprint density at radius 1 is 0.548 bits per heavy atom. The van der Waals surface area contributed by atoms with Crippen molar-refractivity contribution in [3.05, 3.63) is 52.3 Å². The molecule has 460 valence electrons. The van der Waals surface area contributed by atoms with Crippen LogP contribution in [0.5, 0.6) is 28.7 Å². The van der Waals surface area contributed by atoms with E-state index in [1.807, 2.05) is 0 Å². The van der Waals surface area contributed by atoms with Crippen LogP contribution in [-0.2, 0) is 97.6 Å². The number of esters is 8. The van der Waals surface area contributed by atoms with Gasteiger partial charge in [0.25, 0.3) is 5.56 Å². The lowest BCUT2D eigenvalue weighted by Crippen LogP contribution is -2.63. The molecule has 1 N–H and O–H groups in total. The molecule has 2 saturated heterocycles. The van der Waals surface area contributed by atoms with Crippen molar-refractivity contribution in [2.45, 2.75) is 162 Å². The third kappa shape index (κ3) is 18.5. The Kier molecular flexibility index (Phi) is 24.7. The fraction of sp³-hybridized carbons (Fsp3) is 0.544. The van der Waals surface area contributed by atoms with Crippen molar-refractivity contribution in [2.24, 2.45) is 7.05 Å². The zero-order chi connectivity index (χ0) is 61.9. The van der Waals surface area contributed by atoms with Crippen LogP contribution in [0.4, 0.5) is 5.69 Å². The number of hydrogen-bond acceptors (Lipinski definition) is 25. The first kappa shape index (κ1) is 66.3. The van der Waals surface area contributed by atoms with Crippen LogP contribution in [0.15, 0.2) is 41.2 Å². The number of rotatable bonds is 27. The number of anilines is 1. The van der Waals surface area contributed by atoms with Gasteiger partial charge in [0.2, 0.25) is 42.2 Å². The molecule has 3 heterocycles. The average Bonchev–Trinajstić information content (AvgIpc) is 2.14. The van der Waals surface area contributed by atoms with Crippen molar-refractivity contribution in [3.63, 3.8) is 0 Å². The van der Waals surface area contributed by atoms with E-state index in [2.05, 4.69) is 12.2 Å². The molecule has 5 rings (SSSR count). The number of carbonyl (C=O) groups excluding carboxylic acids is 9. The number of aryl methyl sites for hydroxylation is 1. The summed E-state index contributed by atoms with van der Waals surface area (Å²) in [7, 11) is 4.07. The van der Waals surface area contributed by atoms with Crippen LogP contribution in [0, 0.1) is 0 Å². The predicted molar refractivity (Wildman–Crippen MR) is 290 cm³/mol. The summed E-state index contributed by atoms with van der Waals surface area (Å²) in [6.45, 7) is 9.83. The number of benzene rings is 2. The van der Waals surface area contributed by atoms with Gasteiger partial charge < -0.3 is 80.9 Å². The van der Waals surface area contributed by atoms with E-state index < -0.39 is 134 Å². The minimum atomic E-state index is -1.75. The summed E-state index contributed by atoms with van der Waals surface area (Å²) in [5.74, 6) is -7.87. The van der Waals surface area contributed by atoms with Gasteiger partial charge in [-0.05, 0) is 48.4 Å². The van der Waals surface area contributed by atoms with E-state index in [0.29, 0.717) is 12.0 Å². The van der Waals surface area contributed by atoms with Gasteiger partial charge in [0, 0.05) is 79.6 Å². The molecule has 27 heteroatoms. The van der Waals surface area contributed by atoms with E-state index in [4.69, 9.17) is 71.1 Å². The molecule has 0 saturated carbocycles. The molecule has 0 unspecified atom stereocenters. The van der Waals surface area contributed by atoms with E-state index in [1.165, 1.54) is 68.3 Å². The fourth-order valence-electron chi connectivity index (χ4n) is 9.13. The first-order valence-electron chi connectivity index (χ1n) is 26.8. The number of methoxy groups -OCH3 is 2. The Balaban J connectivity index is 1.52. The highest BCUT2D eigenvalue weighted by atomic mass is 16.8. The summed E-state index contributed by atoms with van der Waals surface area (Å²) < 4.78 is 87.6. The van der Waals surface area contributed by atoms with Gasteiger partial charge in [-0.25, -0.2) is 0 Å². The molecule has 0 spiro atoms. The number of fused-ring (bicyclic) bond motifs is 1. The third-order valence-electron chi connectivity index (χ3n) is 12.6. The maximum absolute atomic E-state index is 14.4. The number of hydrogen-bond donors (Lipinski definition) is 1. The average molecular weight is 1190 g/mol. The maximum atomic E-state index is 14.4. The fourth-order valence-corrected chi connectivity index (χ4v) is 9.13. The summed E-state index contributed by atoms with van der Waals surface area (Å²) in [4.78, 5) is 127. The molecule has 2 fully saturated rings. The lowest BCUT2D eigenvalue weighted by molar-refractivity contribution is -0.288. The summed E-state index contributed by atoms with van der Waals surface area (Å²) >= 11 is 0. The molecule has 0 aliphatic carbocycles. The number of carbonyl (C=O) groups is 9. The summed E-state index contributed by atoms with van der Waals surface area (Å²) in [5.41, 5.74) is 0.0130. The molecule has 10 atom stereocenters. The van der Waals surface area contributed by atoms with Crippen molar-refractivity contribution in [3.8, 4) is 28.7 Å². The van der Waals surface area contributed by atoms with Gasteiger partial charge in [0.05, 0.1) is 26.3 Å². The molecule has 2 aromatic carbocycles. The van der Waals surface area contributed by atoms with Gasteiger partial charge in [-0.15, -0.1) is 0 Å². The van der Waals surface area contributed by atoms with Crippen LogP contribution < -0.4 is 34.6 Å². The van der Waals surface area contributed by atoms with Gasteiger partial charge >= 0.3 is 47.8 Å². The lowest BCUT2D eigenvalue weighted by Gasteiger charge is -2.44. The number of unbranched alkanes of at least 4 members (excludes halogenated alkanes) is 5. The van der Waals surface area contributed by atoms with Crippen LogP contribution in [0.25, 0.3) is 17.0 Å². The maximum Gasteiger partial charge on any atom is 0.303 e.